The van der Waals surface area contributed by atoms with Crippen molar-refractivity contribution < 1.29 is 4.74 Å². The fourth-order valence-electron chi connectivity index (χ4n) is 5.36. The maximum Gasteiger partial charge on any atom is 0.247 e. The summed E-state index contributed by atoms with van der Waals surface area (Å²) in [4.78, 5) is 21.3. The zero-order valence-electron chi connectivity index (χ0n) is 17.6. The van der Waals surface area contributed by atoms with Crippen molar-refractivity contribution in [3.8, 4) is 28.1 Å². The molecule has 0 spiro atoms. The summed E-state index contributed by atoms with van der Waals surface area (Å²) in [6, 6.07) is 15.9. The monoisotopic (exact) mass is 414 g/mol. The van der Waals surface area contributed by atoms with Crippen molar-refractivity contribution in [2.45, 2.75) is 50.4 Å². The minimum atomic E-state index is -0.0945. The molecule has 2 fully saturated rings. The Bertz CT molecular complexity index is 1170. The number of benzene rings is 1. The van der Waals surface area contributed by atoms with Crippen LogP contribution in [-0.4, -0.2) is 35.1 Å². The lowest BCUT2D eigenvalue weighted by Crippen LogP contribution is -2.47. The first-order valence-electron chi connectivity index (χ1n) is 11.1. The molecule has 3 aliphatic rings. The number of piperidine rings is 1. The minimum Gasteiger partial charge on any atom is -0.472 e. The Balaban J connectivity index is 1.28. The molecule has 6 rings (SSSR count). The number of aromatic nitrogens is 2. The molecular weight excluding hydrogens is 388 g/mol. The SMILES string of the molecule is CN(c1ccc2c(n1)OCc1cc(-c3ccc(=O)[nH]c3)ccc1-2)C1CC2CCC(C1)N2. The van der Waals surface area contributed by atoms with Crippen LogP contribution in [0, 0.1) is 0 Å². The average Bonchev–Trinajstić information content (AvgIpc) is 3.15. The standard InChI is InChI=1S/C25H26N4O2/c1-29(20-11-18-4-5-19(12-20)27-18)23-8-7-22-21-6-2-15(16-3-9-24(30)26-13-16)10-17(21)14-31-25(22)28-23/h2-3,6-10,13,18-20,27H,4-5,11-12,14H2,1H3,(H,26,30). The molecule has 5 heterocycles. The van der Waals surface area contributed by atoms with Gasteiger partial charge in [-0.05, 0) is 72.2 Å². The summed E-state index contributed by atoms with van der Waals surface area (Å²) in [6.07, 6.45) is 6.71. The van der Waals surface area contributed by atoms with E-state index in [1.165, 1.54) is 25.7 Å². The average molecular weight is 415 g/mol. The maximum atomic E-state index is 11.3. The van der Waals surface area contributed by atoms with Crippen LogP contribution in [0.4, 0.5) is 5.82 Å². The maximum absolute atomic E-state index is 11.3. The van der Waals surface area contributed by atoms with Crippen molar-refractivity contribution >= 4 is 5.82 Å². The van der Waals surface area contributed by atoms with E-state index in [0.717, 1.165) is 33.6 Å². The highest BCUT2D eigenvalue weighted by atomic mass is 16.5. The van der Waals surface area contributed by atoms with Crippen LogP contribution in [0.15, 0.2) is 53.5 Å². The molecule has 31 heavy (non-hydrogen) atoms. The molecule has 2 N–H and O–H groups in total. The lowest BCUT2D eigenvalue weighted by molar-refractivity contribution is 0.289. The quantitative estimate of drug-likeness (QED) is 0.684. The van der Waals surface area contributed by atoms with E-state index in [9.17, 15) is 4.79 Å². The number of pyridine rings is 2. The summed E-state index contributed by atoms with van der Waals surface area (Å²) in [5.74, 6) is 1.70. The van der Waals surface area contributed by atoms with Crippen molar-refractivity contribution in [1.82, 2.24) is 15.3 Å². The number of nitrogens with one attached hydrogen (secondary N) is 2. The molecule has 0 aliphatic carbocycles. The molecule has 2 aromatic heterocycles. The Morgan fingerprint density at radius 2 is 1.77 bits per heavy atom. The smallest absolute Gasteiger partial charge is 0.247 e. The van der Waals surface area contributed by atoms with Gasteiger partial charge in [-0.1, -0.05) is 12.1 Å². The van der Waals surface area contributed by atoms with Crippen LogP contribution in [0.25, 0.3) is 22.3 Å². The second-order valence-corrected chi connectivity index (χ2v) is 9.00. The molecule has 6 heteroatoms. The van der Waals surface area contributed by atoms with Gasteiger partial charge in [0.25, 0.3) is 0 Å². The predicted molar refractivity (Wildman–Crippen MR) is 121 cm³/mol. The highest BCUT2D eigenvalue weighted by Gasteiger charge is 2.35. The summed E-state index contributed by atoms with van der Waals surface area (Å²) in [6.45, 7) is 0.497. The van der Waals surface area contributed by atoms with Gasteiger partial charge in [0.05, 0.1) is 0 Å². The summed E-state index contributed by atoms with van der Waals surface area (Å²) >= 11 is 0. The lowest BCUT2D eigenvalue weighted by Gasteiger charge is -2.36. The molecule has 0 radical (unpaired) electrons. The van der Waals surface area contributed by atoms with Crippen molar-refractivity contribution in [2.24, 2.45) is 0 Å². The number of fused-ring (bicyclic) bond motifs is 5. The molecule has 2 saturated heterocycles. The number of ether oxygens (including phenoxy) is 1. The van der Waals surface area contributed by atoms with E-state index in [-0.39, 0.29) is 5.56 Å². The summed E-state index contributed by atoms with van der Waals surface area (Å²) in [5.41, 5.74) is 5.29. The minimum absolute atomic E-state index is 0.0945. The zero-order chi connectivity index (χ0) is 20.9. The Morgan fingerprint density at radius 3 is 2.55 bits per heavy atom. The van der Waals surface area contributed by atoms with E-state index in [4.69, 9.17) is 9.72 Å². The molecule has 3 aliphatic heterocycles. The largest absolute Gasteiger partial charge is 0.472 e. The van der Waals surface area contributed by atoms with E-state index in [1.807, 2.05) is 6.07 Å². The van der Waals surface area contributed by atoms with E-state index in [2.05, 4.69) is 52.6 Å². The number of hydrogen-bond donors (Lipinski definition) is 2. The number of nitrogens with zero attached hydrogens (tertiary/aromatic N) is 2. The third-order valence-corrected chi connectivity index (χ3v) is 7.08. The van der Waals surface area contributed by atoms with Crippen molar-refractivity contribution in [1.29, 1.82) is 0 Å². The first kappa shape index (κ1) is 18.6. The van der Waals surface area contributed by atoms with Crippen molar-refractivity contribution in [2.75, 3.05) is 11.9 Å². The van der Waals surface area contributed by atoms with Crippen molar-refractivity contribution in [3.63, 3.8) is 0 Å². The van der Waals surface area contributed by atoms with Crippen LogP contribution in [-0.2, 0) is 6.61 Å². The number of anilines is 1. The predicted octanol–water partition coefficient (Wildman–Crippen LogP) is 3.72. The Labute approximate surface area is 181 Å². The van der Waals surface area contributed by atoms with E-state index in [0.29, 0.717) is 30.6 Å². The molecule has 2 unspecified atom stereocenters. The van der Waals surface area contributed by atoms with Crippen LogP contribution in [0.2, 0.25) is 0 Å². The molecule has 3 aromatic rings. The van der Waals surface area contributed by atoms with Crippen LogP contribution >= 0.6 is 0 Å². The highest BCUT2D eigenvalue weighted by Crippen LogP contribution is 2.40. The Kier molecular flexibility index (Phi) is 4.35. The molecule has 0 saturated carbocycles. The summed E-state index contributed by atoms with van der Waals surface area (Å²) in [5, 5.41) is 3.72. The molecule has 2 atom stereocenters. The summed E-state index contributed by atoms with van der Waals surface area (Å²) < 4.78 is 6.08. The normalized spacial score (nSPS) is 23.6. The molecule has 1 aromatic carbocycles. The Hall–Kier alpha value is -3.12. The van der Waals surface area contributed by atoms with Gasteiger partial charge in [-0.2, -0.15) is 4.98 Å². The lowest BCUT2D eigenvalue weighted by atomic mass is 9.94. The zero-order valence-corrected chi connectivity index (χ0v) is 17.6. The topological polar surface area (TPSA) is 70.2 Å². The molecule has 158 valence electrons. The number of hydrogen-bond acceptors (Lipinski definition) is 5. The number of aromatic amines is 1. The highest BCUT2D eigenvalue weighted by molar-refractivity contribution is 5.78. The van der Waals surface area contributed by atoms with E-state index < -0.39 is 0 Å². The molecule has 6 nitrogen and oxygen atoms in total. The Morgan fingerprint density at radius 1 is 1.00 bits per heavy atom. The molecular formula is C25H26N4O2. The molecule has 0 amide bonds. The third-order valence-electron chi connectivity index (χ3n) is 7.08. The van der Waals surface area contributed by atoms with Gasteiger partial charge in [0.2, 0.25) is 11.4 Å². The van der Waals surface area contributed by atoms with Crippen LogP contribution in [0.3, 0.4) is 0 Å². The van der Waals surface area contributed by atoms with Gasteiger partial charge in [-0.3, -0.25) is 4.79 Å². The van der Waals surface area contributed by atoms with Gasteiger partial charge >= 0.3 is 0 Å². The van der Waals surface area contributed by atoms with Gasteiger partial charge in [-0.15, -0.1) is 0 Å². The van der Waals surface area contributed by atoms with Crippen LogP contribution in [0.1, 0.15) is 31.2 Å². The van der Waals surface area contributed by atoms with E-state index >= 15 is 0 Å². The van der Waals surface area contributed by atoms with E-state index in [1.54, 1.807) is 12.3 Å². The van der Waals surface area contributed by atoms with Gasteiger partial charge in [0, 0.05) is 43.0 Å². The van der Waals surface area contributed by atoms with Crippen LogP contribution in [0.5, 0.6) is 5.88 Å². The first-order valence-corrected chi connectivity index (χ1v) is 11.1. The van der Waals surface area contributed by atoms with Gasteiger partial charge < -0.3 is 19.9 Å². The summed E-state index contributed by atoms with van der Waals surface area (Å²) in [7, 11) is 2.16. The first-order chi connectivity index (χ1) is 15.1. The number of rotatable bonds is 3. The third kappa shape index (κ3) is 3.31. The van der Waals surface area contributed by atoms with Crippen LogP contribution < -0.4 is 20.5 Å². The van der Waals surface area contributed by atoms with Crippen molar-refractivity contribution in [3.05, 3.63) is 64.6 Å². The van der Waals surface area contributed by atoms with Gasteiger partial charge in [0.15, 0.2) is 0 Å². The fourth-order valence-corrected chi connectivity index (χ4v) is 5.36. The fraction of sp³-hybridized carbons (Fsp3) is 0.360. The van der Waals surface area contributed by atoms with Gasteiger partial charge in [0.1, 0.15) is 12.4 Å². The second-order valence-electron chi connectivity index (χ2n) is 9.00. The van der Waals surface area contributed by atoms with Gasteiger partial charge in [-0.25, -0.2) is 0 Å². The second kappa shape index (κ2) is 7.24. The number of H-pyrrole nitrogens is 1. The molecule has 2 bridgehead atoms.